The first-order chi connectivity index (χ1) is 13.3. The Hall–Kier alpha value is -2.98. The second-order valence-corrected chi connectivity index (χ2v) is 6.29. The van der Waals surface area contributed by atoms with Crippen LogP contribution in [0.5, 0.6) is 5.75 Å². The van der Waals surface area contributed by atoms with Gasteiger partial charge in [-0.3, -0.25) is 4.68 Å². The van der Waals surface area contributed by atoms with Crippen LogP contribution in [-0.2, 0) is 12.7 Å². The number of rotatable bonds is 6. The maximum Gasteiger partial charge on any atom is 0.435 e. The first kappa shape index (κ1) is 18.4. The van der Waals surface area contributed by atoms with E-state index in [0.717, 1.165) is 18.9 Å². The van der Waals surface area contributed by atoms with Crippen molar-refractivity contribution in [2.75, 3.05) is 0 Å². The topological polar surface area (TPSA) is 66.0 Å². The largest absolute Gasteiger partial charge is 0.435 e. The molecule has 1 aliphatic carbocycles. The molecule has 1 aromatic carbocycles. The average Bonchev–Trinajstić information content (AvgIpc) is 3.20. The Bertz CT molecular complexity index is 961. The standard InChI is InChI=1S/C17H13F5N4O2/c18-16(19)27-11-5-3-10(4-6-11)15-24-23-14(28-15)8-26-12(9-1-2-9)7-13(25-26)17(20,21)22/h3-7,9,16H,1-2,8H2. The van der Waals surface area contributed by atoms with Crippen molar-refractivity contribution in [1.82, 2.24) is 20.0 Å². The van der Waals surface area contributed by atoms with Crippen LogP contribution < -0.4 is 4.74 Å². The highest BCUT2D eigenvalue weighted by Gasteiger charge is 2.38. The number of hydrogen-bond acceptors (Lipinski definition) is 5. The van der Waals surface area contributed by atoms with Gasteiger partial charge in [0.25, 0.3) is 0 Å². The van der Waals surface area contributed by atoms with Crippen molar-refractivity contribution in [2.24, 2.45) is 0 Å². The summed E-state index contributed by atoms with van der Waals surface area (Å²) in [5.41, 5.74) is -0.0106. The Morgan fingerprint density at radius 2 is 1.86 bits per heavy atom. The molecular weight excluding hydrogens is 387 g/mol. The summed E-state index contributed by atoms with van der Waals surface area (Å²) in [4.78, 5) is 0. The van der Waals surface area contributed by atoms with Crippen molar-refractivity contribution in [2.45, 2.75) is 38.1 Å². The first-order valence-corrected chi connectivity index (χ1v) is 8.32. The summed E-state index contributed by atoms with van der Waals surface area (Å²) in [7, 11) is 0. The number of ether oxygens (including phenoxy) is 1. The summed E-state index contributed by atoms with van der Waals surface area (Å²) in [6.07, 6.45) is -2.91. The van der Waals surface area contributed by atoms with Crippen LogP contribution in [0.2, 0.25) is 0 Å². The van der Waals surface area contributed by atoms with Crippen LogP contribution in [0.3, 0.4) is 0 Å². The van der Waals surface area contributed by atoms with Gasteiger partial charge in [-0.1, -0.05) is 0 Å². The van der Waals surface area contributed by atoms with Crippen LogP contribution in [0, 0.1) is 0 Å². The van der Waals surface area contributed by atoms with Gasteiger partial charge >= 0.3 is 12.8 Å². The van der Waals surface area contributed by atoms with E-state index in [1.807, 2.05) is 0 Å². The van der Waals surface area contributed by atoms with Crippen LogP contribution in [0.15, 0.2) is 34.7 Å². The summed E-state index contributed by atoms with van der Waals surface area (Å²) in [6.45, 7) is -3.03. The maximum absolute atomic E-state index is 13.0. The molecule has 11 heteroatoms. The van der Waals surface area contributed by atoms with Gasteiger partial charge in [0, 0.05) is 17.2 Å². The molecule has 0 aliphatic heterocycles. The third-order valence-electron chi connectivity index (χ3n) is 4.18. The Balaban J connectivity index is 1.53. The van der Waals surface area contributed by atoms with Crippen LogP contribution in [0.25, 0.3) is 11.5 Å². The van der Waals surface area contributed by atoms with Crippen molar-refractivity contribution in [3.8, 4) is 17.2 Å². The molecule has 0 unspecified atom stereocenters. The van der Waals surface area contributed by atoms with Gasteiger partial charge in [-0.15, -0.1) is 10.2 Å². The fourth-order valence-corrected chi connectivity index (χ4v) is 2.75. The molecular formula is C17H13F5N4O2. The van der Waals surface area contributed by atoms with E-state index < -0.39 is 18.5 Å². The van der Waals surface area contributed by atoms with Gasteiger partial charge in [0.2, 0.25) is 11.8 Å². The minimum Gasteiger partial charge on any atom is -0.435 e. The van der Waals surface area contributed by atoms with Gasteiger partial charge in [0.05, 0.1) is 0 Å². The highest BCUT2D eigenvalue weighted by Crippen LogP contribution is 2.42. The second kappa shape index (κ2) is 6.88. The average molecular weight is 400 g/mol. The van der Waals surface area contributed by atoms with Gasteiger partial charge in [0.1, 0.15) is 12.3 Å². The predicted octanol–water partition coefficient (Wildman–Crippen LogP) is 4.48. The number of aromatic nitrogens is 4. The molecule has 0 N–H and O–H groups in total. The lowest BCUT2D eigenvalue weighted by atomic mass is 10.2. The van der Waals surface area contributed by atoms with Crippen molar-refractivity contribution < 1.29 is 31.1 Å². The van der Waals surface area contributed by atoms with Crippen molar-refractivity contribution in [1.29, 1.82) is 0 Å². The molecule has 1 fully saturated rings. The van der Waals surface area contributed by atoms with Gasteiger partial charge in [-0.2, -0.15) is 27.1 Å². The van der Waals surface area contributed by atoms with Crippen molar-refractivity contribution in [3.05, 3.63) is 47.6 Å². The molecule has 2 heterocycles. The van der Waals surface area contributed by atoms with E-state index in [1.54, 1.807) is 0 Å². The van der Waals surface area contributed by atoms with Gasteiger partial charge < -0.3 is 9.15 Å². The molecule has 0 atom stereocenters. The normalized spacial score (nSPS) is 14.6. The molecule has 148 valence electrons. The molecule has 28 heavy (non-hydrogen) atoms. The lowest BCUT2D eigenvalue weighted by molar-refractivity contribution is -0.141. The molecule has 6 nitrogen and oxygen atoms in total. The van der Waals surface area contributed by atoms with Crippen molar-refractivity contribution >= 4 is 0 Å². The molecule has 0 bridgehead atoms. The van der Waals surface area contributed by atoms with Crippen LogP contribution >= 0.6 is 0 Å². The molecule has 0 radical (unpaired) electrons. The Morgan fingerprint density at radius 1 is 1.14 bits per heavy atom. The van der Waals surface area contributed by atoms with E-state index in [0.29, 0.717) is 11.3 Å². The lowest BCUT2D eigenvalue weighted by Gasteiger charge is -2.04. The van der Waals surface area contributed by atoms with E-state index in [4.69, 9.17) is 4.42 Å². The molecule has 2 aromatic heterocycles. The summed E-state index contributed by atoms with van der Waals surface area (Å²) in [6, 6.07) is 6.61. The van der Waals surface area contributed by atoms with Gasteiger partial charge in [-0.05, 0) is 43.2 Å². The molecule has 1 saturated carbocycles. The van der Waals surface area contributed by atoms with Gasteiger partial charge in [-0.25, -0.2) is 0 Å². The quantitative estimate of drug-likeness (QED) is 0.571. The molecule has 1 aliphatic rings. The van der Waals surface area contributed by atoms with E-state index in [-0.39, 0.29) is 30.0 Å². The minimum absolute atomic E-state index is 0.0243. The number of nitrogens with zero attached hydrogens (tertiary/aromatic N) is 4. The van der Waals surface area contributed by atoms with Crippen LogP contribution in [-0.4, -0.2) is 26.6 Å². The number of alkyl halides is 5. The number of benzene rings is 1. The summed E-state index contributed by atoms with van der Waals surface area (Å²) < 4.78 is 74.2. The van der Waals surface area contributed by atoms with Crippen molar-refractivity contribution in [3.63, 3.8) is 0 Å². The SMILES string of the molecule is FC(F)Oc1ccc(-c2nnc(Cn3nc(C(F)(F)F)cc3C3CC3)o2)cc1. The van der Waals surface area contributed by atoms with Crippen LogP contribution in [0.1, 0.15) is 36.0 Å². The summed E-state index contributed by atoms with van der Waals surface area (Å²) in [5.74, 6) is 0.216. The molecule has 0 spiro atoms. The van der Waals surface area contributed by atoms with E-state index in [2.05, 4.69) is 20.0 Å². The monoisotopic (exact) mass is 400 g/mol. The minimum atomic E-state index is -4.53. The number of hydrogen-bond donors (Lipinski definition) is 0. The lowest BCUT2D eigenvalue weighted by Crippen LogP contribution is -2.09. The fourth-order valence-electron chi connectivity index (χ4n) is 2.75. The Kier molecular flexibility index (Phi) is 4.52. The Morgan fingerprint density at radius 3 is 2.46 bits per heavy atom. The summed E-state index contributed by atoms with van der Waals surface area (Å²) in [5, 5.41) is 11.3. The molecule has 0 amide bonds. The highest BCUT2D eigenvalue weighted by molar-refractivity contribution is 5.53. The first-order valence-electron chi connectivity index (χ1n) is 8.32. The van der Waals surface area contributed by atoms with E-state index >= 15 is 0 Å². The highest BCUT2D eigenvalue weighted by atomic mass is 19.4. The smallest absolute Gasteiger partial charge is 0.435 e. The zero-order valence-corrected chi connectivity index (χ0v) is 14.2. The van der Waals surface area contributed by atoms with Gasteiger partial charge in [0.15, 0.2) is 5.69 Å². The molecule has 3 aromatic rings. The fraction of sp³-hybridized carbons (Fsp3) is 0.353. The third-order valence-corrected chi connectivity index (χ3v) is 4.18. The predicted molar refractivity (Wildman–Crippen MR) is 84.7 cm³/mol. The number of halogens is 5. The third kappa shape index (κ3) is 3.97. The zero-order chi connectivity index (χ0) is 19.9. The summed E-state index contributed by atoms with van der Waals surface area (Å²) >= 11 is 0. The Labute approximate surface area is 154 Å². The van der Waals surface area contributed by atoms with Crippen LogP contribution in [0.4, 0.5) is 22.0 Å². The molecule has 4 rings (SSSR count). The maximum atomic E-state index is 13.0. The van der Waals surface area contributed by atoms with E-state index in [9.17, 15) is 22.0 Å². The second-order valence-electron chi connectivity index (χ2n) is 6.29. The zero-order valence-electron chi connectivity index (χ0n) is 14.2. The molecule has 0 saturated heterocycles. The van der Waals surface area contributed by atoms with E-state index in [1.165, 1.54) is 28.9 Å².